The number of hydrogen-bond donors (Lipinski definition) is 0. The summed E-state index contributed by atoms with van der Waals surface area (Å²) in [5.74, 6) is -0.451. The molecule has 1 saturated heterocycles. The van der Waals surface area contributed by atoms with Crippen molar-refractivity contribution in [1.29, 1.82) is 0 Å². The number of esters is 1. The summed E-state index contributed by atoms with van der Waals surface area (Å²) in [6.07, 6.45) is 1.52. The molecule has 1 heterocycles. The molecule has 0 N–H and O–H groups in total. The zero-order chi connectivity index (χ0) is 21.6. The van der Waals surface area contributed by atoms with E-state index in [1.54, 1.807) is 32.9 Å². The van der Waals surface area contributed by atoms with E-state index in [0.717, 1.165) is 18.5 Å². The predicted octanol–water partition coefficient (Wildman–Crippen LogP) is 2.15. The maximum Gasteiger partial charge on any atom is 0.326 e. The number of likely N-dealkylation sites (N-methyl/N-ethyl adjacent to an activating group) is 1. The third-order valence-electron chi connectivity index (χ3n) is 4.59. The zero-order valence-corrected chi connectivity index (χ0v) is 18.2. The number of carbonyl (C=O) groups excluding carboxylic acids is 3. The van der Waals surface area contributed by atoms with Crippen LogP contribution in [0.25, 0.3) is 0 Å². The van der Waals surface area contributed by atoms with Crippen molar-refractivity contribution in [3.63, 3.8) is 0 Å². The van der Waals surface area contributed by atoms with Gasteiger partial charge in [0.25, 0.3) is 5.91 Å². The number of rotatable bonds is 8. The second-order valence-electron chi connectivity index (χ2n) is 8.73. The molecule has 29 heavy (non-hydrogen) atoms. The van der Waals surface area contributed by atoms with Crippen LogP contribution >= 0.6 is 0 Å². The molecule has 1 aromatic rings. The largest absolute Gasteiger partial charge is 0.459 e. The minimum absolute atomic E-state index is 0.0893. The van der Waals surface area contributed by atoms with Crippen LogP contribution in [0.15, 0.2) is 24.3 Å². The fraction of sp³-hybridized carbons (Fsp3) is 0.591. The van der Waals surface area contributed by atoms with Gasteiger partial charge in [0, 0.05) is 38.2 Å². The maximum atomic E-state index is 13.0. The highest BCUT2D eigenvalue weighted by atomic mass is 16.6. The van der Waals surface area contributed by atoms with Crippen LogP contribution in [0.1, 0.15) is 49.5 Å². The molecule has 2 rings (SSSR count). The Morgan fingerprint density at radius 3 is 2.28 bits per heavy atom. The number of hydrogen-bond acceptors (Lipinski definition) is 5. The molecule has 0 spiro atoms. The zero-order valence-electron chi connectivity index (χ0n) is 18.2. The molecule has 0 saturated carbocycles. The van der Waals surface area contributed by atoms with E-state index in [-0.39, 0.29) is 18.4 Å². The van der Waals surface area contributed by atoms with Crippen LogP contribution < -0.4 is 0 Å². The van der Waals surface area contributed by atoms with Crippen LogP contribution in [0.3, 0.4) is 0 Å². The summed E-state index contributed by atoms with van der Waals surface area (Å²) in [6, 6.07) is 7.26. The first-order valence-corrected chi connectivity index (χ1v) is 10.1. The lowest BCUT2D eigenvalue weighted by Gasteiger charge is -2.26. The Morgan fingerprint density at radius 1 is 1.10 bits per heavy atom. The SMILES string of the molecule is CN(C)CCN(CC(=O)OC(C)(C)C)C(=O)c1ccc(CN2CCCC2=O)cc1. The fourth-order valence-electron chi connectivity index (χ4n) is 3.13. The molecule has 0 atom stereocenters. The Balaban J connectivity index is 2.06. The number of ether oxygens (including phenoxy) is 1. The summed E-state index contributed by atoms with van der Waals surface area (Å²) in [5, 5.41) is 0. The van der Waals surface area contributed by atoms with Crippen LogP contribution in [-0.2, 0) is 20.9 Å². The van der Waals surface area contributed by atoms with E-state index in [2.05, 4.69) is 0 Å². The number of amides is 2. The van der Waals surface area contributed by atoms with Gasteiger partial charge in [0.05, 0.1) is 0 Å². The second-order valence-corrected chi connectivity index (χ2v) is 8.73. The number of carbonyl (C=O) groups is 3. The normalized spacial score (nSPS) is 14.4. The van der Waals surface area contributed by atoms with Gasteiger partial charge < -0.3 is 19.4 Å². The van der Waals surface area contributed by atoms with Crippen molar-refractivity contribution in [2.24, 2.45) is 0 Å². The van der Waals surface area contributed by atoms with Gasteiger partial charge in [-0.05, 0) is 59.0 Å². The van der Waals surface area contributed by atoms with Gasteiger partial charge in [-0.2, -0.15) is 0 Å². The van der Waals surface area contributed by atoms with Crippen LogP contribution in [0.5, 0.6) is 0 Å². The minimum atomic E-state index is -0.595. The molecule has 7 heteroatoms. The van der Waals surface area contributed by atoms with E-state index in [1.165, 1.54) is 4.90 Å². The molecule has 0 radical (unpaired) electrons. The lowest BCUT2D eigenvalue weighted by molar-refractivity contribution is -0.155. The van der Waals surface area contributed by atoms with Gasteiger partial charge in [0.2, 0.25) is 5.91 Å². The summed E-state index contributed by atoms with van der Waals surface area (Å²) in [7, 11) is 3.84. The quantitative estimate of drug-likeness (QED) is 0.622. The predicted molar refractivity (Wildman–Crippen MR) is 111 cm³/mol. The summed E-state index contributed by atoms with van der Waals surface area (Å²) in [4.78, 5) is 42.4. The molecular weight excluding hydrogens is 370 g/mol. The van der Waals surface area contributed by atoms with Gasteiger partial charge in [-0.15, -0.1) is 0 Å². The van der Waals surface area contributed by atoms with E-state index < -0.39 is 11.6 Å². The van der Waals surface area contributed by atoms with Crippen molar-refractivity contribution in [2.45, 2.75) is 45.8 Å². The topological polar surface area (TPSA) is 70.2 Å². The number of likely N-dealkylation sites (tertiary alicyclic amines) is 1. The Morgan fingerprint density at radius 2 is 1.76 bits per heavy atom. The molecule has 1 aliphatic heterocycles. The first-order chi connectivity index (χ1) is 13.5. The van der Waals surface area contributed by atoms with E-state index >= 15 is 0 Å². The van der Waals surface area contributed by atoms with E-state index in [9.17, 15) is 14.4 Å². The van der Waals surface area contributed by atoms with E-state index in [0.29, 0.717) is 31.6 Å². The van der Waals surface area contributed by atoms with Crippen molar-refractivity contribution in [1.82, 2.24) is 14.7 Å². The van der Waals surface area contributed by atoms with Crippen molar-refractivity contribution in [3.05, 3.63) is 35.4 Å². The van der Waals surface area contributed by atoms with Crippen LogP contribution in [0, 0.1) is 0 Å². The van der Waals surface area contributed by atoms with Gasteiger partial charge in [-0.1, -0.05) is 12.1 Å². The summed E-state index contributed by atoms with van der Waals surface area (Å²) in [6.45, 7) is 7.75. The van der Waals surface area contributed by atoms with Crippen LogP contribution in [0.2, 0.25) is 0 Å². The first-order valence-electron chi connectivity index (χ1n) is 10.1. The smallest absolute Gasteiger partial charge is 0.326 e. The third-order valence-corrected chi connectivity index (χ3v) is 4.59. The molecule has 0 aromatic heterocycles. The Hall–Kier alpha value is -2.41. The monoisotopic (exact) mass is 403 g/mol. The summed E-state index contributed by atoms with van der Waals surface area (Å²) in [5.41, 5.74) is 0.912. The van der Waals surface area contributed by atoms with Crippen molar-refractivity contribution in [2.75, 3.05) is 40.3 Å². The Kier molecular flexibility index (Phi) is 7.79. The number of benzene rings is 1. The summed E-state index contributed by atoms with van der Waals surface area (Å²) >= 11 is 0. The van der Waals surface area contributed by atoms with E-state index in [1.807, 2.05) is 36.0 Å². The standard InChI is InChI=1S/C22H33N3O4/c1-22(2,3)29-20(27)16-25(14-13-23(4)5)21(28)18-10-8-17(9-11-18)15-24-12-6-7-19(24)26/h8-11H,6-7,12-16H2,1-5H3. The van der Waals surface area contributed by atoms with Gasteiger partial charge in [0.15, 0.2) is 0 Å². The van der Waals surface area contributed by atoms with Crippen molar-refractivity contribution < 1.29 is 19.1 Å². The van der Waals surface area contributed by atoms with E-state index in [4.69, 9.17) is 4.74 Å². The highest BCUT2D eigenvalue weighted by Crippen LogP contribution is 2.16. The fourth-order valence-corrected chi connectivity index (χ4v) is 3.13. The van der Waals surface area contributed by atoms with Gasteiger partial charge >= 0.3 is 5.97 Å². The van der Waals surface area contributed by atoms with Crippen molar-refractivity contribution in [3.8, 4) is 0 Å². The van der Waals surface area contributed by atoms with Gasteiger partial charge in [-0.3, -0.25) is 14.4 Å². The molecule has 0 unspecified atom stereocenters. The average Bonchev–Trinajstić information content (AvgIpc) is 3.01. The molecule has 2 amide bonds. The lowest BCUT2D eigenvalue weighted by atomic mass is 10.1. The van der Waals surface area contributed by atoms with Crippen LogP contribution in [0.4, 0.5) is 0 Å². The first kappa shape index (κ1) is 22.9. The average molecular weight is 404 g/mol. The molecule has 1 aromatic carbocycles. The molecule has 0 bridgehead atoms. The van der Waals surface area contributed by atoms with Gasteiger partial charge in [-0.25, -0.2) is 0 Å². The van der Waals surface area contributed by atoms with Crippen LogP contribution in [-0.4, -0.2) is 78.4 Å². The third kappa shape index (κ3) is 7.49. The highest BCUT2D eigenvalue weighted by Gasteiger charge is 2.24. The second kappa shape index (κ2) is 9.87. The summed E-state index contributed by atoms with van der Waals surface area (Å²) < 4.78 is 5.38. The minimum Gasteiger partial charge on any atom is -0.459 e. The molecule has 1 aliphatic rings. The molecule has 1 fully saturated rings. The molecule has 7 nitrogen and oxygen atoms in total. The van der Waals surface area contributed by atoms with Gasteiger partial charge in [0.1, 0.15) is 12.1 Å². The Bertz CT molecular complexity index is 723. The van der Waals surface area contributed by atoms with Crippen molar-refractivity contribution >= 4 is 17.8 Å². The molecule has 0 aliphatic carbocycles. The molecular formula is C22H33N3O4. The maximum absolute atomic E-state index is 13.0. The highest BCUT2D eigenvalue weighted by molar-refractivity contribution is 5.96. The number of nitrogens with zero attached hydrogens (tertiary/aromatic N) is 3. The molecule has 160 valence electrons. The Labute approximate surface area is 173 Å². The lowest BCUT2D eigenvalue weighted by Crippen LogP contribution is -2.42.